The number of esters is 1. The average molecular weight is 349 g/mol. The molecule has 0 heterocycles. The molecule has 5 heteroatoms. The molecule has 0 unspecified atom stereocenters. The van der Waals surface area contributed by atoms with E-state index in [1.807, 2.05) is 0 Å². The van der Waals surface area contributed by atoms with Crippen molar-refractivity contribution in [1.82, 2.24) is 0 Å². The van der Waals surface area contributed by atoms with Crippen LogP contribution >= 0.6 is 0 Å². The summed E-state index contributed by atoms with van der Waals surface area (Å²) in [5.41, 5.74) is 0. The first kappa shape index (κ1) is 25.6. The third-order valence-electron chi connectivity index (χ3n) is 3.13. The molecule has 0 aliphatic rings. The molecule has 0 aliphatic carbocycles. The fraction of sp³-hybridized carbons (Fsp3) is 0.947. The minimum Gasteiger partial charge on any atom is -0.466 e. The topological polar surface area (TPSA) is 54.0 Å². The summed E-state index contributed by atoms with van der Waals surface area (Å²) in [4.78, 5) is 9.82. The van der Waals surface area contributed by atoms with Gasteiger partial charge in [0.15, 0.2) is 0 Å². The molecular weight excluding hydrogens is 308 g/mol. The van der Waals surface area contributed by atoms with Crippen LogP contribution in [0.15, 0.2) is 0 Å². The summed E-state index contributed by atoms with van der Waals surface area (Å²) in [6, 6.07) is 0. The Morgan fingerprint density at radius 2 is 1.08 bits per heavy atom. The maximum Gasteiger partial charge on any atom is 0.302 e. The molecule has 0 atom stereocenters. The normalized spacial score (nSPS) is 10.2. The molecule has 146 valence electrons. The van der Waals surface area contributed by atoms with E-state index in [-0.39, 0.29) is 5.97 Å². The first-order chi connectivity index (χ1) is 11.7. The predicted molar refractivity (Wildman–Crippen MR) is 98.4 cm³/mol. The molecule has 0 saturated heterocycles. The maximum atomic E-state index is 9.82. The molecule has 0 rings (SSSR count). The van der Waals surface area contributed by atoms with Gasteiger partial charge < -0.3 is 18.9 Å². The highest BCUT2D eigenvalue weighted by Gasteiger charge is 1.92. The molecule has 0 radical (unpaired) electrons. The van der Waals surface area contributed by atoms with Gasteiger partial charge in [0.2, 0.25) is 0 Å². The third kappa shape index (κ3) is 29.4. The van der Waals surface area contributed by atoms with Crippen LogP contribution in [0.1, 0.15) is 72.6 Å². The van der Waals surface area contributed by atoms with Gasteiger partial charge >= 0.3 is 5.97 Å². The number of hydrogen-bond acceptors (Lipinski definition) is 5. The molecule has 0 aromatic carbocycles. The minimum atomic E-state index is -0.211. The summed E-state index contributed by atoms with van der Waals surface area (Å²) in [6.07, 6.45) is 8.79. The van der Waals surface area contributed by atoms with Crippen LogP contribution in [0.5, 0.6) is 0 Å². The Labute approximate surface area is 149 Å². The second-order valence-corrected chi connectivity index (χ2v) is 5.53. The summed E-state index contributed by atoms with van der Waals surface area (Å²) in [7, 11) is 0. The Kier molecular flexibility index (Phi) is 26.2. The van der Waals surface area contributed by atoms with E-state index in [1.54, 1.807) is 6.92 Å². The molecule has 0 fully saturated rings. The monoisotopic (exact) mass is 348 g/mol. The van der Waals surface area contributed by atoms with Gasteiger partial charge in [-0.2, -0.15) is 0 Å². The lowest BCUT2D eigenvalue weighted by molar-refractivity contribution is -0.140. The predicted octanol–water partition coefficient (Wildman–Crippen LogP) is 4.38. The van der Waals surface area contributed by atoms with Crippen LogP contribution in [0.4, 0.5) is 0 Å². The average Bonchev–Trinajstić information content (AvgIpc) is 2.56. The number of hydrogen-bond donors (Lipinski definition) is 0. The lowest BCUT2D eigenvalue weighted by Crippen LogP contribution is -2.10. The minimum absolute atomic E-state index is 0.211. The van der Waals surface area contributed by atoms with Crippen molar-refractivity contribution in [2.45, 2.75) is 72.6 Å². The zero-order chi connectivity index (χ0) is 18.3. The second-order valence-electron chi connectivity index (χ2n) is 5.53. The van der Waals surface area contributed by atoms with Crippen molar-refractivity contribution >= 4 is 5.97 Å². The lowest BCUT2D eigenvalue weighted by Gasteiger charge is -2.06. The molecule has 0 N–H and O–H groups in total. The van der Waals surface area contributed by atoms with Gasteiger partial charge in [-0.25, -0.2) is 0 Å². The zero-order valence-corrected chi connectivity index (χ0v) is 16.4. The maximum absolute atomic E-state index is 9.82. The van der Waals surface area contributed by atoms with E-state index < -0.39 is 0 Å². The molecule has 0 aromatic heterocycles. The fourth-order valence-corrected chi connectivity index (χ4v) is 1.80. The van der Waals surface area contributed by atoms with E-state index in [2.05, 4.69) is 18.6 Å². The van der Waals surface area contributed by atoms with Crippen LogP contribution in [-0.2, 0) is 23.7 Å². The van der Waals surface area contributed by atoms with Crippen LogP contribution in [-0.4, -0.2) is 52.2 Å². The number of carbonyl (C=O) groups excluding carboxylic acids is 1. The van der Waals surface area contributed by atoms with E-state index in [9.17, 15) is 4.79 Å². The van der Waals surface area contributed by atoms with Gasteiger partial charge in [0, 0.05) is 20.1 Å². The SMILES string of the molecule is CCCCCCCOCCOCCOCCCC.CCOC(C)=O. The van der Waals surface area contributed by atoms with E-state index in [4.69, 9.17) is 14.2 Å². The highest BCUT2D eigenvalue weighted by Crippen LogP contribution is 2.02. The van der Waals surface area contributed by atoms with Crippen molar-refractivity contribution in [1.29, 1.82) is 0 Å². The number of carbonyl (C=O) groups is 1. The lowest BCUT2D eigenvalue weighted by atomic mass is 10.2. The van der Waals surface area contributed by atoms with Gasteiger partial charge in [0.05, 0.1) is 33.0 Å². The van der Waals surface area contributed by atoms with Crippen LogP contribution in [0, 0.1) is 0 Å². The Balaban J connectivity index is 0. The van der Waals surface area contributed by atoms with Crippen LogP contribution in [0.3, 0.4) is 0 Å². The molecule has 0 bridgehead atoms. The first-order valence-electron chi connectivity index (χ1n) is 9.55. The Hall–Kier alpha value is -0.650. The van der Waals surface area contributed by atoms with Crippen molar-refractivity contribution < 1.29 is 23.7 Å². The summed E-state index contributed by atoms with van der Waals surface area (Å²) < 4.78 is 20.7. The molecule has 5 nitrogen and oxygen atoms in total. The number of rotatable bonds is 16. The molecule has 24 heavy (non-hydrogen) atoms. The molecule has 0 aliphatic heterocycles. The fourth-order valence-electron chi connectivity index (χ4n) is 1.80. The van der Waals surface area contributed by atoms with Crippen LogP contribution in [0.25, 0.3) is 0 Å². The van der Waals surface area contributed by atoms with Crippen LogP contribution < -0.4 is 0 Å². The third-order valence-corrected chi connectivity index (χ3v) is 3.13. The summed E-state index contributed by atoms with van der Waals surface area (Å²) >= 11 is 0. The molecule has 0 aromatic rings. The highest BCUT2D eigenvalue weighted by molar-refractivity contribution is 5.65. The molecule has 0 amide bonds. The van der Waals surface area contributed by atoms with Crippen LogP contribution in [0.2, 0.25) is 0 Å². The molecule has 0 saturated carbocycles. The van der Waals surface area contributed by atoms with Gasteiger partial charge in [-0.05, 0) is 19.8 Å². The Morgan fingerprint density at radius 1 is 0.625 bits per heavy atom. The number of unbranched alkanes of at least 4 members (excludes halogenated alkanes) is 5. The van der Waals surface area contributed by atoms with Crippen molar-refractivity contribution in [2.75, 3.05) is 46.2 Å². The van der Waals surface area contributed by atoms with E-state index in [0.29, 0.717) is 33.0 Å². The highest BCUT2D eigenvalue weighted by atomic mass is 16.5. The molecule has 0 spiro atoms. The van der Waals surface area contributed by atoms with E-state index in [1.165, 1.54) is 45.4 Å². The van der Waals surface area contributed by atoms with Gasteiger partial charge in [-0.1, -0.05) is 46.0 Å². The zero-order valence-electron chi connectivity index (χ0n) is 16.4. The van der Waals surface area contributed by atoms with Crippen molar-refractivity contribution in [3.63, 3.8) is 0 Å². The van der Waals surface area contributed by atoms with E-state index >= 15 is 0 Å². The summed E-state index contributed by atoms with van der Waals surface area (Å²) in [6.45, 7) is 12.6. The molecular formula is C19H40O5. The van der Waals surface area contributed by atoms with Gasteiger partial charge in [-0.15, -0.1) is 0 Å². The largest absolute Gasteiger partial charge is 0.466 e. The Bertz CT molecular complexity index is 218. The standard InChI is InChI=1S/C15H32O3.C4H8O2/c1-3-5-7-8-9-11-17-13-15-18-14-12-16-10-6-4-2;1-3-6-4(2)5/h3-15H2,1-2H3;3H2,1-2H3. The van der Waals surface area contributed by atoms with Gasteiger partial charge in [0.25, 0.3) is 0 Å². The van der Waals surface area contributed by atoms with Crippen molar-refractivity contribution in [3.8, 4) is 0 Å². The van der Waals surface area contributed by atoms with Gasteiger partial charge in [-0.3, -0.25) is 4.79 Å². The smallest absolute Gasteiger partial charge is 0.302 e. The number of ether oxygens (including phenoxy) is 4. The van der Waals surface area contributed by atoms with Crippen molar-refractivity contribution in [3.05, 3.63) is 0 Å². The summed E-state index contributed by atoms with van der Waals surface area (Å²) in [5, 5.41) is 0. The summed E-state index contributed by atoms with van der Waals surface area (Å²) in [5.74, 6) is -0.211. The second kappa shape index (κ2) is 24.6. The quantitative estimate of drug-likeness (QED) is 0.306. The Morgan fingerprint density at radius 3 is 1.50 bits per heavy atom. The van der Waals surface area contributed by atoms with E-state index in [0.717, 1.165) is 19.6 Å². The first-order valence-corrected chi connectivity index (χ1v) is 9.55. The van der Waals surface area contributed by atoms with Crippen molar-refractivity contribution in [2.24, 2.45) is 0 Å². The van der Waals surface area contributed by atoms with Gasteiger partial charge in [0.1, 0.15) is 0 Å².